The Bertz CT molecular complexity index is 676. The number of rotatable bonds is 2. The van der Waals surface area contributed by atoms with Crippen molar-refractivity contribution in [3.05, 3.63) is 47.5 Å². The van der Waals surface area contributed by atoms with Crippen molar-refractivity contribution in [3.8, 4) is 0 Å². The van der Waals surface area contributed by atoms with Crippen molar-refractivity contribution in [2.75, 3.05) is 0 Å². The second-order valence-corrected chi connectivity index (χ2v) is 4.60. The largest absolute Gasteiger partial charge is 0.455 e. The molecule has 0 N–H and O–H groups in total. The molecule has 2 aromatic carbocycles. The highest BCUT2D eigenvalue weighted by Gasteiger charge is 2.10. The number of hydrogen-bond acceptors (Lipinski definition) is 1. The fourth-order valence-electron chi connectivity index (χ4n) is 2.49. The zero-order chi connectivity index (χ0) is 11.8. The number of fused-ring (bicyclic) bond motifs is 3. The van der Waals surface area contributed by atoms with Gasteiger partial charge in [-0.3, -0.25) is 0 Å². The molecular formula is C16H16O. The van der Waals surface area contributed by atoms with E-state index in [0.717, 1.165) is 24.0 Å². The van der Waals surface area contributed by atoms with E-state index in [1.54, 1.807) is 0 Å². The van der Waals surface area contributed by atoms with Crippen molar-refractivity contribution in [2.24, 2.45) is 0 Å². The summed E-state index contributed by atoms with van der Waals surface area (Å²) in [5.74, 6) is 0. The molecule has 1 heterocycles. The van der Waals surface area contributed by atoms with Crippen LogP contribution in [0.25, 0.3) is 21.9 Å². The van der Waals surface area contributed by atoms with E-state index < -0.39 is 0 Å². The van der Waals surface area contributed by atoms with Gasteiger partial charge in [0.25, 0.3) is 0 Å². The van der Waals surface area contributed by atoms with E-state index in [0.29, 0.717) is 0 Å². The predicted octanol–water partition coefficient (Wildman–Crippen LogP) is 4.85. The molecule has 0 aliphatic rings. The minimum absolute atomic E-state index is 1.03. The van der Waals surface area contributed by atoms with Crippen LogP contribution in [0.5, 0.6) is 0 Å². The van der Waals surface area contributed by atoms with Gasteiger partial charge >= 0.3 is 0 Å². The van der Waals surface area contributed by atoms with Crippen molar-refractivity contribution in [3.63, 3.8) is 0 Å². The molecule has 17 heavy (non-hydrogen) atoms. The Balaban J connectivity index is 2.42. The van der Waals surface area contributed by atoms with Crippen molar-refractivity contribution >= 4 is 21.9 Å². The van der Waals surface area contributed by atoms with E-state index in [4.69, 9.17) is 4.42 Å². The Morgan fingerprint density at radius 3 is 2.41 bits per heavy atom. The molecule has 0 aliphatic carbocycles. The number of hydrogen-bond donors (Lipinski definition) is 0. The summed E-state index contributed by atoms with van der Waals surface area (Å²) >= 11 is 0. The van der Waals surface area contributed by atoms with Crippen LogP contribution in [0.2, 0.25) is 0 Å². The highest BCUT2D eigenvalue weighted by molar-refractivity contribution is 6.06. The topological polar surface area (TPSA) is 13.1 Å². The first-order valence-corrected chi connectivity index (χ1v) is 6.21. The second-order valence-electron chi connectivity index (χ2n) is 4.60. The number of aryl methyl sites for hydroxylation is 2. The molecule has 0 bridgehead atoms. The lowest BCUT2D eigenvalue weighted by molar-refractivity contribution is 0.658. The normalized spacial score (nSPS) is 11.4. The molecular weight excluding hydrogens is 208 g/mol. The molecule has 1 heteroatoms. The van der Waals surface area contributed by atoms with E-state index in [1.165, 1.54) is 21.9 Å². The number of benzene rings is 2. The zero-order valence-corrected chi connectivity index (χ0v) is 10.3. The third-order valence-corrected chi connectivity index (χ3v) is 3.32. The number of furan rings is 1. The second kappa shape index (κ2) is 3.92. The minimum Gasteiger partial charge on any atom is -0.455 e. The molecule has 0 saturated carbocycles. The Kier molecular flexibility index (Phi) is 2.40. The lowest BCUT2D eigenvalue weighted by atomic mass is 10.1. The third-order valence-electron chi connectivity index (χ3n) is 3.32. The molecule has 0 radical (unpaired) electrons. The van der Waals surface area contributed by atoms with E-state index >= 15 is 0 Å². The predicted molar refractivity (Wildman–Crippen MR) is 72.5 cm³/mol. The van der Waals surface area contributed by atoms with E-state index in [2.05, 4.69) is 50.2 Å². The summed E-state index contributed by atoms with van der Waals surface area (Å²) in [6.07, 6.45) is 2.23. The Labute approximate surface area is 101 Å². The Morgan fingerprint density at radius 2 is 1.65 bits per heavy atom. The van der Waals surface area contributed by atoms with Crippen LogP contribution < -0.4 is 0 Å². The van der Waals surface area contributed by atoms with Gasteiger partial charge in [-0.15, -0.1) is 0 Å². The van der Waals surface area contributed by atoms with Crippen molar-refractivity contribution in [1.82, 2.24) is 0 Å². The SMILES string of the molecule is CCCc1cccc2c1oc1c(C)cccc12. The summed E-state index contributed by atoms with van der Waals surface area (Å²) in [5.41, 5.74) is 4.63. The maximum atomic E-state index is 6.07. The molecule has 0 saturated heterocycles. The Hall–Kier alpha value is -1.76. The van der Waals surface area contributed by atoms with E-state index in [-0.39, 0.29) is 0 Å². The van der Waals surface area contributed by atoms with Crippen molar-refractivity contribution in [2.45, 2.75) is 26.7 Å². The quantitative estimate of drug-likeness (QED) is 0.606. The van der Waals surface area contributed by atoms with Gasteiger partial charge in [-0.05, 0) is 24.5 Å². The van der Waals surface area contributed by atoms with E-state index in [9.17, 15) is 0 Å². The fraction of sp³-hybridized carbons (Fsp3) is 0.250. The molecule has 0 spiro atoms. The first-order chi connectivity index (χ1) is 8.31. The molecule has 86 valence electrons. The lowest BCUT2D eigenvalue weighted by Crippen LogP contribution is -1.82. The summed E-state index contributed by atoms with van der Waals surface area (Å²) in [7, 11) is 0. The molecule has 0 fully saturated rings. The van der Waals surface area contributed by atoms with Gasteiger partial charge in [0, 0.05) is 10.8 Å². The van der Waals surface area contributed by atoms with Crippen LogP contribution in [0, 0.1) is 6.92 Å². The molecule has 1 aromatic heterocycles. The molecule has 0 unspecified atom stereocenters. The van der Waals surface area contributed by atoms with Crippen LogP contribution in [0.4, 0.5) is 0 Å². The average molecular weight is 224 g/mol. The van der Waals surface area contributed by atoms with Crippen molar-refractivity contribution < 1.29 is 4.42 Å². The fourth-order valence-corrected chi connectivity index (χ4v) is 2.49. The van der Waals surface area contributed by atoms with Gasteiger partial charge in [-0.2, -0.15) is 0 Å². The summed E-state index contributed by atoms with van der Waals surface area (Å²) in [4.78, 5) is 0. The van der Waals surface area contributed by atoms with Gasteiger partial charge in [0.1, 0.15) is 11.2 Å². The monoisotopic (exact) mass is 224 g/mol. The smallest absolute Gasteiger partial charge is 0.138 e. The minimum atomic E-state index is 1.03. The Morgan fingerprint density at radius 1 is 0.941 bits per heavy atom. The van der Waals surface area contributed by atoms with Crippen LogP contribution in [0.3, 0.4) is 0 Å². The summed E-state index contributed by atoms with van der Waals surface area (Å²) in [5, 5.41) is 2.48. The summed E-state index contributed by atoms with van der Waals surface area (Å²) in [6.45, 7) is 4.30. The van der Waals surface area contributed by atoms with Crippen molar-refractivity contribution in [1.29, 1.82) is 0 Å². The van der Waals surface area contributed by atoms with Gasteiger partial charge in [-0.25, -0.2) is 0 Å². The van der Waals surface area contributed by atoms with Gasteiger partial charge in [-0.1, -0.05) is 49.7 Å². The molecule has 0 amide bonds. The first-order valence-electron chi connectivity index (χ1n) is 6.21. The van der Waals surface area contributed by atoms with Gasteiger partial charge in [0.2, 0.25) is 0 Å². The van der Waals surface area contributed by atoms with Crippen LogP contribution >= 0.6 is 0 Å². The number of para-hydroxylation sites is 2. The van der Waals surface area contributed by atoms with Crippen LogP contribution in [-0.2, 0) is 6.42 Å². The molecule has 3 rings (SSSR count). The zero-order valence-electron chi connectivity index (χ0n) is 10.3. The first kappa shape index (κ1) is 10.4. The molecule has 0 atom stereocenters. The van der Waals surface area contributed by atoms with Gasteiger partial charge in [0.15, 0.2) is 0 Å². The lowest BCUT2D eigenvalue weighted by Gasteiger charge is -1.98. The van der Waals surface area contributed by atoms with Crippen LogP contribution in [0.1, 0.15) is 24.5 Å². The molecule has 1 nitrogen and oxygen atoms in total. The average Bonchev–Trinajstić information content (AvgIpc) is 2.71. The third kappa shape index (κ3) is 1.54. The maximum absolute atomic E-state index is 6.07. The molecule has 0 aliphatic heterocycles. The van der Waals surface area contributed by atoms with Gasteiger partial charge < -0.3 is 4.42 Å². The highest BCUT2D eigenvalue weighted by Crippen LogP contribution is 2.32. The molecule has 3 aromatic rings. The summed E-state index contributed by atoms with van der Waals surface area (Å²) in [6, 6.07) is 12.8. The standard InChI is InChI=1S/C16H16O/c1-3-6-12-8-5-10-14-13-9-4-7-11(2)15(13)17-16(12)14/h4-5,7-10H,3,6H2,1-2H3. The van der Waals surface area contributed by atoms with Crippen LogP contribution in [-0.4, -0.2) is 0 Å². The highest BCUT2D eigenvalue weighted by atomic mass is 16.3. The van der Waals surface area contributed by atoms with Crippen LogP contribution in [0.15, 0.2) is 40.8 Å². The maximum Gasteiger partial charge on any atom is 0.138 e. The van der Waals surface area contributed by atoms with Gasteiger partial charge in [0.05, 0.1) is 0 Å². The summed E-state index contributed by atoms with van der Waals surface area (Å²) < 4.78 is 6.07. The van der Waals surface area contributed by atoms with E-state index in [1.807, 2.05) is 0 Å².